The van der Waals surface area contributed by atoms with Gasteiger partial charge in [-0.05, 0) is 68.7 Å². The van der Waals surface area contributed by atoms with Gasteiger partial charge < -0.3 is 14.0 Å². The third kappa shape index (κ3) is 6.85. The van der Waals surface area contributed by atoms with Crippen LogP contribution in [0.1, 0.15) is 38.2 Å². The molecule has 0 aliphatic rings. The van der Waals surface area contributed by atoms with E-state index in [4.69, 9.17) is 14.5 Å². The molecular formula is C30H35N3O5S. The van der Waals surface area contributed by atoms with Gasteiger partial charge in [0.2, 0.25) is 10.0 Å². The van der Waals surface area contributed by atoms with Gasteiger partial charge in [0.1, 0.15) is 11.6 Å². The summed E-state index contributed by atoms with van der Waals surface area (Å²) >= 11 is 0. The van der Waals surface area contributed by atoms with Crippen molar-refractivity contribution in [3.63, 3.8) is 0 Å². The summed E-state index contributed by atoms with van der Waals surface area (Å²) in [5, 5.41) is 0. The average Bonchev–Trinajstić information content (AvgIpc) is 3.30. The van der Waals surface area contributed by atoms with Crippen molar-refractivity contribution in [3.8, 4) is 17.1 Å². The molecule has 4 aromatic rings. The number of hydrogen-bond donors (Lipinski definition) is 0. The molecule has 1 aromatic heterocycles. The summed E-state index contributed by atoms with van der Waals surface area (Å²) in [5.74, 6) is 1.40. The summed E-state index contributed by atoms with van der Waals surface area (Å²) in [4.78, 5) is 16.6. The van der Waals surface area contributed by atoms with Crippen molar-refractivity contribution in [2.45, 2.75) is 44.0 Å². The second-order valence-electron chi connectivity index (χ2n) is 9.39. The van der Waals surface area contributed by atoms with E-state index in [1.165, 1.54) is 18.4 Å². The molecule has 0 spiro atoms. The highest BCUT2D eigenvalue weighted by Crippen LogP contribution is 2.29. The molecule has 0 saturated carbocycles. The molecule has 0 amide bonds. The fraction of sp³-hybridized carbons (Fsp3) is 0.333. The lowest BCUT2D eigenvalue weighted by molar-refractivity contribution is -0.143. The first-order chi connectivity index (χ1) is 18.8. The van der Waals surface area contributed by atoms with Crippen LogP contribution in [0.5, 0.6) is 5.75 Å². The number of ether oxygens (including phenoxy) is 2. The Balaban J connectivity index is 1.54. The molecule has 0 fully saturated rings. The Morgan fingerprint density at radius 3 is 2.38 bits per heavy atom. The number of nitrogens with zero attached hydrogens (tertiary/aromatic N) is 3. The number of esters is 1. The number of imidazole rings is 1. The molecule has 3 aromatic carbocycles. The standard InChI is InChI=1S/C30H35N3O5S/c1-4-37-29(34)16-6-5-11-21-38-28-15-10-7-12-24(28)22-33-27-14-9-8-13-26(27)31-30(33)23-17-19-25(20-18-23)39(35,36)32(2)3/h7-10,12-15,17-20H,4-6,11,16,21-22H2,1-3H3. The molecule has 0 aliphatic heterocycles. The Morgan fingerprint density at radius 1 is 0.923 bits per heavy atom. The predicted octanol–water partition coefficient (Wildman–Crippen LogP) is 5.50. The zero-order valence-electron chi connectivity index (χ0n) is 22.7. The molecule has 1 heterocycles. The fourth-order valence-electron chi connectivity index (χ4n) is 4.35. The predicted molar refractivity (Wildman–Crippen MR) is 152 cm³/mol. The van der Waals surface area contributed by atoms with E-state index in [0.29, 0.717) is 26.2 Å². The Hall–Kier alpha value is -3.69. The molecule has 0 bridgehead atoms. The van der Waals surface area contributed by atoms with Crippen molar-refractivity contribution in [2.75, 3.05) is 27.3 Å². The van der Waals surface area contributed by atoms with Crippen LogP contribution in [0.4, 0.5) is 0 Å². The number of para-hydroxylation sites is 3. The summed E-state index contributed by atoms with van der Waals surface area (Å²) < 4.78 is 39.5. The number of unbranched alkanes of at least 4 members (excludes halogenated alkanes) is 2. The highest BCUT2D eigenvalue weighted by molar-refractivity contribution is 7.89. The minimum atomic E-state index is -3.52. The lowest BCUT2D eigenvalue weighted by atomic mass is 10.1. The van der Waals surface area contributed by atoms with Gasteiger partial charge in [0.15, 0.2) is 0 Å². The van der Waals surface area contributed by atoms with Crippen LogP contribution < -0.4 is 4.74 Å². The number of rotatable bonds is 13. The fourth-order valence-corrected chi connectivity index (χ4v) is 5.25. The maximum atomic E-state index is 12.5. The van der Waals surface area contributed by atoms with Gasteiger partial charge in [-0.15, -0.1) is 0 Å². The van der Waals surface area contributed by atoms with Gasteiger partial charge in [-0.25, -0.2) is 17.7 Å². The van der Waals surface area contributed by atoms with Crippen molar-refractivity contribution in [1.82, 2.24) is 13.9 Å². The van der Waals surface area contributed by atoms with Crippen molar-refractivity contribution in [3.05, 3.63) is 78.4 Å². The monoisotopic (exact) mass is 549 g/mol. The van der Waals surface area contributed by atoms with Gasteiger partial charge in [-0.3, -0.25) is 4.79 Å². The molecule has 39 heavy (non-hydrogen) atoms. The van der Waals surface area contributed by atoms with Gasteiger partial charge in [0.25, 0.3) is 0 Å². The van der Waals surface area contributed by atoms with Gasteiger partial charge in [0, 0.05) is 31.6 Å². The van der Waals surface area contributed by atoms with Gasteiger partial charge in [-0.2, -0.15) is 0 Å². The SMILES string of the molecule is CCOC(=O)CCCCCOc1ccccc1Cn1c(-c2ccc(S(=O)(=O)N(C)C)cc2)nc2ccccc21. The second kappa shape index (κ2) is 12.9. The lowest BCUT2D eigenvalue weighted by Gasteiger charge is -2.15. The number of hydrogen-bond acceptors (Lipinski definition) is 6. The van der Waals surface area contributed by atoms with Crippen LogP contribution >= 0.6 is 0 Å². The van der Waals surface area contributed by atoms with Crippen molar-refractivity contribution in [1.29, 1.82) is 0 Å². The van der Waals surface area contributed by atoms with E-state index in [-0.39, 0.29) is 10.9 Å². The van der Waals surface area contributed by atoms with Gasteiger partial charge in [0.05, 0.1) is 35.7 Å². The van der Waals surface area contributed by atoms with Crippen LogP contribution in [0.2, 0.25) is 0 Å². The van der Waals surface area contributed by atoms with Gasteiger partial charge in [-0.1, -0.05) is 30.3 Å². The van der Waals surface area contributed by atoms with E-state index in [9.17, 15) is 13.2 Å². The zero-order valence-corrected chi connectivity index (χ0v) is 23.5. The first kappa shape index (κ1) is 28.3. The van der Waals surface area contributed by atoms with Crippen molar-refractivity contribution < 1.29 is 22.7 Å². The smallest absolute Gasteiger partial charge is 0.305 e. The van der Waals surface area contributed by atoms with Crippen molar-refractivity contribution >= 4 is 27.0 Å². The Bertz CT molecular complexity index is 1510. The van der Waals surface area contributed by atoms with Crippen LogP contribution in [0.3, 0.4) is 0 Å². The van der Waals surface area contributed by atoms with Crippen LogP contribution in [-0.2, 0) is 26.1 Å². The number of carbonyl (C=O) groups excluding carboxylic acids is 1. The van der Waals surface area contributed by atoms with E-state index in [1.807, 2.05) is 55.5 Å². The third-order valence-corrected chi connectivity index (χ3v) is 8.26. The molecule has 0 aliphatic carbocycles. The number of carbonyl (C=O) groups is 1. The van der Waals surface area contributed by atoms with E-state index in [0.717, 1.165) is 53.0 Å². The van der Waals surface area contributed by atoms with Gasteiger partial charge >= 0.3 is 5.97 Å². The molecule has 0 atom stereocenters. The molecule has 206 valence electrons. The van der Waals surface area contributed by atoms with Crippen LogP contribution in [0.25, 0.3) is 22.4 Å². The van der Waals surface area contributed by atoms with Crippen LogP contribution in [0, 0.1) is 0 Å². The number of aromatic nitrogens is 2. The summed E-state index contributed by atoms with van der Waals surface area (Å²) in [7, 11) is -0.481. The maximum absolute atomic E-state index is 12.5. The summed E-state index contributed by atoms with van der Waals surface area (Å²) in [6.07, 6.45) is 2.94. The normalized spacial score (nSPS) is 11.7. The molecular weight excluding hydrogens is 514 g/mol. The number of sulfonamides is 1. The lowest BCUT2D eigenvalue weighted by Crippen LogP contribution is -2.22. The van der Waals surface area contributed by atoms with E-state index in [1.54, 1.807) is 24.3 Å². The van der Waals surface area contributed by atoms with E-state index >= 15 is 0 Å². The summed E-state index contributed by atoms with van der Waals surface area (Å²) in [5.41, 5.74) is 3.67. The minimum Gasteiger partial charge on any atom is -0.493 e. The first-order valence-electron chi connectivity index (χ1n) is 13.2. The molecule has 8 nitrogen and oxygen atoms in total. The van der Waals surface area contributed by atoms with Crippen LogP contribution in [-0.4, -0.2) is 55.6 Å². The Kier molecular flexibility index (Phi) is 9.37. The van der Waals surface area contributed by atoms with E-state index in [2.05, 4.69) is 4.57 Å². The van der Waals surface area contributed by atoms with Crippen molar-refractivity contribution in [2.24, 2.45) is 0 Å². The average molecular weight is 550 g/mol. The highest BCUT2D eigenvalue weighted by atomic mass is 32.2. The molecule has 0 unspecified atom stereocenters. The van der Waals surface area contributed by atoms with E-state index < -0.39 is 10.0 Å². The molecule has 4 rings (SSSR count). The topological polar surface area (TPSA) is 90.7 Å². The first-order valence-corrected chi connectivity index (χ1v) is 14.6. The molecule has 0 saturated heterocycles. The Morgan fingerprint density at radius 2 is 1.64 bits per heavy atom. The highest BCUT2D eigenvalue weighted by Gasteiger charge is 2.19. The quantitative estimate of drug-likeness (QED) is 0.161. The third-order valence-electron chi connectivity index (χ3n) is 6.43. The molecule has 0 radical (unpaired) electrons. The summed E-state index contributed by atoms with van der Waals surface area (Å²) in [6, 6.07) is 22.7. The summed E-state index contributed by atoms with van der Waals surface area (Å²) in [6.45, 7) is 3.31. The minimum absolute atomic E-state index is 0.152. The largest absolute Gasteiger partial charge is 0.493 e. The maximum Gasteiger partial charge on any atom is 0.305 e. The molecule has 9 heteroatoms. The number of fused-ring (bicyclic) bond motifs is 1. The van der Waals surface area contributed by atoms with Crippen LogP contribution in [0.15, 0.2) is 77.7 Å². The second-order valence-corrected chi connectivity index (χ2v) is 11.5. The zero-order chi connectivity index (χ0) is 27.8. The Labute approximate surface area is 230 Å². The molecule has 0 N–H and O–H groups in total. The number of benzene rings is 3.